The van der Waals surface area contributed by atoms with Crippen LogP contribution in [0.1, 0.15) is 16.7 Å². The molecule has 0 aromatic heterocycles. The SMILES string of the molecule is Cc1cc(C)c(-c2c(CO)ccc3ccccc23)c(O)c1. The van der Waals surface area contributed by atoms with Gasteiger partial charge >= 0.3 is 0 Å². The highest BCUT2D eigenvalue weighted by atomic mass is 16.3. The van der Waals surface area contributed by atoms with E-state index in [1.54, 1.807) is 6.07 Å². The molecule has 0 atom stereocenters. The third kappa shape index (κ3) is 2.28. The Labute approximate surface area is 124 Å². The molecule has 0 fully saturated rings. The van der Waals surface area contributed by atoms with E-state index in [1.807, 2.05) is 50.2 Å². The topological polar surface area (TPSA) is 40.5 Å². The minimum Gasteiger partial charge on any atom is -0.507 e. The first kappa shape index (κ1) is 13.7. The maximum absolute atomic E-state index is 10.4. The molecular weight excluding hydrogens is 260 g/mol. The van der Waals surface area contributed by atoms with Gasteiger partial charge in [0.2, 0.25) is 0 Å². The van der Waals surface area contributed by atoms with Gasteiger partial charge in [0.25, 0.3) is 0 Å². The van der Waals surface area contributed by atoms with Crippen molar-refractivity contribution in [3.8, 4) is 16.9 Å². The normalized spacial score (nSPS) is 11.0. The number of aliphatic hydroxyl groups excluding tert-OH is 1. The van der Waals surface area contributed by atoms with Gasteiger partial charge in [-0.2, -0.15) is 0 Å². The maximum atomic E-state index is 10.4. The molecule has 21 heavy (non-hydrogen) atoms. The Morgan fingerprint density at radius 2 is 1.67 bits per heavy atom. The quantitative estimate of drug-likeness (QED) is 0.733. The number of aliphatic hydroxyl groups is 1. The Morgan fingerprint density at radius 3 is 2.38 bits per heavy atom. The van der Waals surface area contributed by atoms with Crippen LogP contribution in [-0.4, -0.2) is 10.2 Å². The molecule has 2 heteroatoms. The summed E-state index contributed by atoms with van der Waals surface area (Å²) in [5, 5.41) is 22.3. The van der Waals surface area contributed by atoms with Crippen molar-refractivity contribution < 1.29 is 10.2 Å². The van der Waals surface area contributed by atoms with Gasteiger partial charge in [0, 0.05) is 5.56 Å². The number of fused-ring (bicyclic) bond motifs is 1. The molecule has 0 heterocycles. The Bertz CT molecular complexity index is 796. The lowest BCUT2D eigenvalue weighted by atomic mass is 9.89. The van der Waals surface area contributed by atoms with E-state index in [0.29, 0.717) is 0 Å². The zero-order valence-electron chi connectivity index (χ0n) is 12.2. The molecule has 3 rings (SSSR count). The zero-order chi connectivity index (χ0) is 15.0. The summed E-state index contributed by atoms with van der Waals surface area (Å²) in [7, 11) is 0. The van der Waals surface area contributed by atoms with Gasteiger partial charge in [-0.3, -0.25) is 0 Å². The van der Waals surface area contributed by atoms with Gasteiger partial charge in [-0.1, -0.05) is 42.5 Å². The molecule has 0 aliphatic heterocycles. The summed E-state index contributed by atoms with van der Waals surface area (Å²) in [5.41, 5.74) is 4.60. The number of benzene rings is 3. The molecule has 3 aromatic rings. The van der Waals surface area contributed by atoms with Crippen molar-refractivity contribution in [1.29, 1.82) is 0 Å². The summed E-state index contributed by atoms with van der Waals surface area (Å²) in [6.45, 7) is 3.91. The van der Waals surface area contributed by atoms with E-state index in [9.17, 15) is 10.2 Å². The first-order valence-corrected chi connectivity index (χ1v) is 7.04. The molecule has 2 N–H and O–H groups in total. The third-order valence-electron chi connectivity index (χ3n) is 3.89. The second-order valence-electron chi connectivity index (χ2n) is 5.45. The lowest BCUT2D eigenvalue weighted by Gasteiger charge is -2.16. The third-order valence-corrected chi connectivity index (χ3v) is 3.89. The van der Waals surface area contributed by atoms with Crippen molar-refractivity contribution >= 4 is 10.8 Å². The van der Waals surface area contributed by atoms with Gasteiger partial charge in [0.1, 0.15) is 5.75 Å². The average molecular weight is 278 g/mol. The molecule has 0 saturated carbocycles. The van der Waals surface area contributed by atoms with Crippen molar-refractivity contribution in [2.24, 2.45) is 0 Å². The molecule has 0 spiro atoms. The van der Waals surface area contributed by atoms with Crippen LogP contribution < -0.4 is 0 Å². The monoisotopic (exact) mass is 278 g/mol. The van der Waals surface area contributed by atoms with Crippen molar-refractivity contribution in [1.82, 2.24) is 0 Å². The predicted molar refractivity (Wildman–Crippen MR) is 86.4 cm³/mol. The van der Waals surface area contributed by atoms with E-state index < -0.39 is 0 Å². The van der Waals surface area contributed by atoms with Crippen LogP contribution >= 0.6 is 0 Å². The van der Waals surface area contributed by atoms with E-state index in [1.165, 1.54) is 0 Å². The Balaban J connectivity index is 2.44. The molecule has 0 amide bonds. The van der Waals surface area contributed by atoms with Gasteiger partial charge in [-0.25, -0.2) is 0 Å². The molecule has 0 unspecified atom stereocenters. The van der Waals surface area contributed by atoms with E-state index in [-0.39, 0.29) is 12.4 Å². The fourth-order valence-corrected chi connectivity index (χ4v) is 3.01. The van der Waals surface area contributed by atoms with E-state index in [0.717, 1.165) is 38.6 Å². The largest absolute Gasteiger partial charge is 0.507 e. The molecule has 106 valence electrons. The summed E-state index contributed by atoms with van der Waals surface area (Å²) in [6, 6.07) is 15.8. The minimum atomic E-state index is -0.0487. The summed E-state index contributed by atoms with van der Waals surface area (Å²) < 4.78 is 0. The highest BCUT2D eigenvalue weighted by Gasteiger charge is 2.15. The Hall–Kier alpha value is -2.32. The molecular formula is C19H18O2. The smallest absolute Gasteiger partial charge is 0.123 e. The number of phenolic OH excluding ortho intramolecular Hbond substituents is 1. The van der Waals surface area contributed by atoms with Crippen molar-refractivity contribution in [2.75, 3.05) is 0 Å². The highest BCUT2D eigenvalue weighted by Crippen LogP contribution is 2.40. The number of rotatable bonds is 2. The number of aryl methyl sites for hydroxylation is 2. The lowest BCUT2D eigenvalue weighted by Crippen LogP contribution is -1.94. The van der Waals surface area contributed by atoms with Crippen LogP contribution in [0, 0.1) is 13.8 Å². The molecule has 0 saturated heterocycles. The highest BCUT2D eigenvalue weighted by molar-refractivity contribution is 6.00. The van der Waals surface area contributed by atoms with Crippen molar-refractivity contribution in [3.63, 3.8) is 0 Å². The summed E-state index contributed by atoms with van der Waals surface area (Å²) >= 11 is 0. The molecule has 0 bridgehead atoms. The van der Waals surface area contributed by atoms with Crippen LogP contribution in [0.4, 0.5) is 0 Å². The second-order valence-corrected chi connectivity index (χ2v) is 5.45. The van der Waals surface area contributed by atoms with Crippen LogP contribution in [0.15, 0.2) is 48.5 Å². The number of hydrogen-bond donors (Lipinski definition) is 2. The second kappa shape index (κ2) is 5.23. The van der Waals surface area contributed by atoms with Crippen LogP contribution in [0.25, 0.3) is 21.9 Å². The fraction of sp³-hybridized carbons (Fsp3) is 0.158. The minimum absolute atomic E-state index is 0.0487. The first-order valence-electron chi connectivity index (χ1n) is 7.04. The Kier molecular flexibility index (Phi) is 3.40. The van der Waals surface area contributed by atoms with Crippen LogP contribution in [-0.2, 0) is 6.61 Å². The number of phenols is 1. The number of hydrogen-bond acceptors (Lipinski definition) is 2. The molecule has 0 radical (unpaired) electrons. The molecule has 0 aliphatic rings. The van der Waals surface area contributed by atoms with E-state index >= 15 is 0 Å². The maximum Gasteiger partial charge on any atom is 0.123 e. The van der Waals surface area contributed by atoms with E-state index in [2.05, 4.69) is 6.07 Å². The van der Waals surface area contributed by atoms with Crippen LogP contribution in [0.2, 0.25) is 0 Å². The Morgan fingerprint density at radius 1 is 0.905 bits per heavy atom. The average Bonchev–Trinajstić information content (AvgIpc) is 2.46. The van der Waals surface area contributed by atoms with Gasteiger partial charge < -0.3 is 10.2 Å². The standard InChI is InChI=1S/C19H18O2/c1-12-9-13(2)18(17(21)10-12)19-15(11-20)8-7-14-5-3-4-6-16(14)19/h3-10,20-21H,11H2,1-2H3. The van der Waals surface area contributed by atoms with Gasteiger partial charge in [-0.05, 0) is 52.9 Å². The van der Waals surface area contributed by atoms with Gasteiger partial charge in [0.15, 0.2) is 0 Å². The predicted octanol–water partition coefficient (Wildman–Crippen LogP) is 4.32. The summed E-state index contributed by atoms with van der Waals surface area (Å²) in [4.78, 5) is 0. The van der Waals surface area contributed by atoms with Crippen LogP contribution in [0.5, 0.6) is 5.75 Å². The summed E-state index contributed by atoms with van der Waals surface area (Å²) in [5.74, 6) is 0.263. The van der Waals surface area contributed by atoms with Gasteiger partial charge in [-0.15, -0.1) is 0 Å². The summed E-state index contributed by atoms with van der Waals surface area (Å²) in [6.07, 6.45) is 0. The van der Waals surface area contributed by atoms with Crippen molar-refractivity contribution in [3.05, 3.63) is 65.2 Å². The van der Waals surface area contributed by atoms with E-state index in [4.69, 9.17) is 0 Å². The number of aromatic hydroxyl groups is 1. The van der Waals surface area contributed by atoms with Crippen LogP contribution in [0.3, 0.4) is 0 Å². The first-order chi connectivity index (χ1) is 10.1. The lowest BCUT2D eigenvalue weighted by molar-refractivity contribution is 0.282. The van der Waals surface area contributed by atoms with Gasteiger partial charge in [0.05, 0.1) is 6.61 Å². The molecule has 2 nitrogen and oxygen atoms in total. The zero-order valence-corrected chi connectivity index (χ0v) is 12.2. The van der Waals surface area contributed by atoms with Crippen molar-refractivity contribution in [2.45, 2.75) is 20.5 Å². The molecule has 0 aliphatic carbocycles. The molecule has 3 aromatic carbocycles. The fourth-order valence-electron chi connectivity index (χ4n) is 3.01.